The van der Waals surface area contributed by atoms with Crippen LogP contribution in [0.4, 0.5) is 11.8 Å². The van der Waals surface area contributed by atoms with E-state index in [-0.39, 0.29) is 5.95 Å². The molecule has 0 unspecified atom stereocenters. The van der Waals surface area contributed by atoms with Gasteiger partial charge in [-0.3, -0.25) is 4.79 Å². The van der Waals surface area contributed by atoms with Crippen molar-refractivity contribution in [3.8, 4) is 5.75 Å². The fourth-order valence-electron chi connectivity index (χ4n) is 2.98. The van der Waals surface area contributed by atoms with Crippen molar-refractivity contribution in [3.05, 3.63) is 40.6 Å². The molecule has 1 aromatic heterocycles. The summed E-state index contributed by atoms with van der Waals surface area (Å²) in [4.78, 5) is 20.3. The van der Waals surface area contributed by atoms with Gasteiger partial charge in [0.1, 0.15) is 11.6 Å². The lowest BCUT2D eigenvalue weighted by molar-refractivity contribution is -0.142. The first-order chi connectivity index (χ1) is 13.2. The highest BCUT2D eigenvalue weighted by atomic mass is 16.5. The number of unbranched alkanes of at least 4 members (excludes halogenated alkanes) is 1. The molecule has 0 fully saturated rings. The highest BCUT2D eigenvalue weighted by molar-refractivity contribution is 5.80. The molecule has 2 rings (SSSR count). The van der Waals surface area contributed by atoms with Crippen molar-refractivity contribution >= 4 is 17.7 Å². The van der Waals surface area contributed by atoms with Crippen LogP contribution in [0.5, 0.6) is 5.75 Å². The molecule has 7 heteroatoms. The molecule has 1 heterocycles. The van der Waals surface area contributed by atoms with Gasteiger partial charge in [0.15, 0.2) is 0 Å². The third-order valence-corrected chi connectivity index (χ3v) is 4.96. The van der Waals surface area contributed by atoms with E-state index in [1.165, 1.54) is 0 Å². The third kappa shape index (κ3) is 4.71. The van der Waals surface area contributed by atoms with Gasteiger partial charge in [-0.05, 0) is 44.4 Å². The van der Waals surface area contributed by atoms with E-state index >= 15 is 0 Å². The van der Waals surface area contributed by atoms with Gasteiger partial charge in [-0.15, -0.1) is 0 Å². The van der Waals surface area contributed by atoms with Crippen LogP contribution in [0.2, 0.25) is 0 Å². The number of aliphatic carboxylic acids is 1. The Morgan fingerprint density at radius 1 is 1.32 bits per heavy atom. The summed E-state index contributed by atoms with van der Waals surface area (Å²) in [6.45, 7) is 8.20. The first kappa shape index (κ1) is 21.5. The number of nitrogens with zero attached hydrogens (tertiary/aromatic N) is 2. The lowest BCUT2D eigenvalue weighted by atomic mass is 9.83. The van der Waals surface area contributed by atoms with Crippen LogP contribution >= 0.6 is 0 Å². The number of carboxylic acid groups (broad SMARTS) is 1. The van der Waals surface area contributed by atoms with Gasteiger partial charge in [0, 0.05) is 24.2 Å². The van der Waals surface area contributed by atoms with Crippen molar-refractivity contribution < 1.29 is 14.6 Å². The quantitative estimate of drug-likeness (QED) is 0.565. The number of benzene rings is 1. The Labute approximate surface area is 166 Å². The van der Waals surface area contributed by atoms with E-state index in [9.17, 15) is 9.90 Å². The van der Waals surface area contributed by atoms with Crippen LogP contribution in [-0.4, -0.2) is 34.7 Å². The van der Waals surface area contributed by atoms with Crippen molar-refractivity contribution in [1.29, 1.82) is 0 Å². The number of nitrogens with two attached hydrogens (primary N) is 1. The fraction of sp³-hybridized carbons (Fsp3) is 0.476. The number of hydrogen-bond donors (Lipinski definition) is 3. The molecule has 0 aliphatic heterocycles. The Hall–Kier alpha value is -2.83. The number of carboxylic acids is 1. The molecule has 0 saturated heterocycles. The van der Waals surface area contributed by atoms with Gasteiger partial charge in [-0.1, -0.05) is 25.5 Å². The second kappa shape index (κ2) is 8.91. The smallest absolute Gasteiger partial charge is 0.313 e. The normalized spacial score (nSPS) is 11.3. The van der Waals surface area contributed by atoms with E-state index in [1.807, 2.05) is 19.1 Å². The molecule has 4 N–H and O–H groups in total. The molecule has 28 heavy (non-hydrogen) atoms. The summed E-state index contributed by atoms with van der Waals surface area (Å²) in [5.74, 6) is 0.759. The molecule has 0 aliphatic carbocycles. The predicted molar refractivity (Wildman–Crippen MR) is 111 cm³/mol. The topological polar surface area (TPSA) is 110 Å². The number of ether oxygens (including phenoxy) is 1. The average Bonchev–Trinajstić information content (AvgIpc) is 2.64. The largest absolute Gasteiger partial charge is 0.496 e. The average molecular weight is 386 g/mol. The number of anilines is 2. The van der Waals surface area contributed by atoms with Crippen molar-refractivity contribution in [3.63, 3.8) is 0 Å². The molecular weight excluding hydrogens is 356 g/mol. The fourth-order valence-corrected chi connectivity index (χ4v) is 2.98. The zero-order valence-electron chi connectivity index (χ0n) is 17.3. The predicted octanol–water partition coefficient (Wildman–Crippen LogP) is 3.54. The highest BCUT2D eigenvalue weighted by Gasteiger charge is 2.30. The summed E-state index contributed by atoms with van der Waals surface area (Å²) >= 11 is 0. The highest BCUT2D eigenvalue weighted by Crippen LogP contribution is 2.32. The van der Waals surface area contributed by atoms with Crippen LogP contribution < -0.4 is 15.8 Å². The van der Waals surface area contributed by atoms with Crippen LogP contribution in [0, 0.1) is 6.92 Å². The number of rotatable bonds is 9. The van der Waals surface area contributed by atoms with Crippen molar-refractivity contribution in [2.24, 2.45) is 0 Å². The minimum absolute atomic E-state index is 0.230. The Morgan fingerprint density at radius 2 is 2.04 bits per heavy atom. The lowest BCUT2D eigenvalue weighted by Gasteiger charge is -2.22. The summed E-state index contributed by atoms with van der Waals surface area (Å²) in [7, 11) is 1.60. The van der Waals surface area contributed by atoms with E-state index < -0.39 is 11.4 Å². The minimum Gasteiger partial charge on any atom is -0.496 e. The number of methoxy groups -OCH3 is 1. The summed E-state index contributed by atoms with van der Waals surface area (Å²) in [6, 6.07) is 5.49. The number of nitrogens with one attached hydrogen (secondary N) is 1. The molecule has 0 spiro atoms. The number of hydrogen-bond acceptors (Lipinski definition) is 6. The second-order valence-electron chi connectivity index (χ2n) is 7.41. The summed E-state index contributed by atoms with van der Waals surface area (Å²) in [5, 5.41) is 12.9. The van der Waals surface area contributed by atoms with Gasteiger partial charge in [0.05, 0.1) is 12.5 Å². The van der Waals surface area contributed by atoms with Gasteiger partial charge >= 0.3 is 5.97 Å². The third-order valence-electron chi connectivity index (χ3n) is 4.96. The lowest BCUT2D eigenvalue weighted by Crippen LogP contribution is -2.28. The summed E-state index contributed by atoms with van der Waals surface area (Å²) in [6.07, 6.45) is 2.60. The maximum atomic E-state index is 11.7. The van der Waals surface area contributed by atoms with Crippen LogP contribution in [0.3, 0.4) is 0 Å². The standard InChI is InChI=1S/C21H30N4O3/c1-6-7-10-23-18-16(13(2)24-20(22)25-18)12-14-11-15(8-9-17(14)28-5)21(3,4)19(26)27/h8-9,11H,6-7,10,12H2,1-5H3,(H,26,27)(H3,22,23,24,25). The molecule has 0 radical (unpaired) electrons. The van der Waals surface area contributed by atoms with E-state index in [0.29, 0.717) is 23.6 Å². The number of carbonyl (C=O) groups is 1. The first-order valence-electron chi connectivity index (χ1n) is 9.48. The molecule has 1 aromatic carbocycles. The molecule has 0 bridgehead atoms. The number of aryl methyl sites for hydroxylation is 1. The van der Waals surface area contributed by atoms with Gasteiger partial charge in [0.2, 0.25) is 5.95 Å². The summed E-state index contributed by atoms with van der Waals surface area (Å²) in [5.41, 5.74) is 8.15. The minimum atomic E-state index is -1.00. The van der Waals surface area contributed by atoms with Crippen molar-refractivity contribution in [1.82, 2.24) is 9.97 Å². The molecule has 0 saturated carbocycles. The Kier molecular flexibility index (Phi) is 6.83. The van der Waals surface area contributed by atoms with Crippen LogP contribution in [0.1, 0.15) is 56.0 Å². The molecule has 0 amide bonds. The van der Waals surface area contributed by atoms with Crippen molar-refractivity contribution in [2.45, 2.75) is 52.4 Å². The molecule has 7 nitrogen and oxygen atoms in total. The first-order valence-corrected chi connectivity index (χ1v) is 9.48. The SMILES string of the molecule is CCCCNc1nc(N)nc(C)c1Cc1cc(C(C)(C)C(=O)O)ccc1OC. The van der Waals surface area contributed by atoms with Gasteiger partial charge in [-0.2, -0.15) is 4.98 Å². The Morgan fingerprint density at radius 3 is 2.64 bits per heavy atom. The summed E-state index contributed by atoms with van der Waals surface area (Å²) < 4.78 is 5.51. The van der Waals surface area contributed by atoms with Crippen LogP contribution in [0.15, 0.2) is 18.2 Å². The van der Waals surface area contributed by atoms with E-state index in [2.05, 4.69) is 22.2 Å². The monoisotopic (exact) mass is 386 g/mol. The Bertz CT molecular complexity index is 850. The van der Waals surface area contributed by atoms with Crippen LogP contribution in [-0.2, 0) is 16.6 Å². The van der Waals surface area contributed by atoms with Crippen LogP contribution in [0.25, 0.3) is 0 Å². The van der Waals surface area contributed by atoms with Crippen molar-refractivity contribution in [2.75, 3.05) is 24.7 Å². The second-order valence-corrected chi connectivity index (χ2v) is 7.41. The molecular formula is C21H30N4O3. The maximum Gasteiger partial charge on any atom is 0.313 e. The maximum absolute atomic E-state index is 11.7. The zero-order chi connectivity index (χ0) is 20.9. The van der Waals surface area contributed by atoms with E-state index in [0.717, 1.165) is 36.2 Å². The van der Waals surface area contributed by atoms with E-state index in [4.69, 9.17) is 10.5 Å². The number of nitrogen functional groups attached to an aromatic ring is 1. The number of aromatic nitrogens is 2. The molecule has 0 atom stereocenters. The Balaban J connectivity index is 2.48. The van der Waals surface area contributed by atoms with E-state index in [1.54, 1.807) is 27.0 Å². The molecule has 152 valence electrons. The molecule has 2 aromatic rings. The zero-order valence-corrected chi connectivity index (χ0v) is 17.3. The van der Waals surface area contributed by atoms with Gasteiger partial charge in [-0.25, -0.2) is 4.98 Å². The van der Waals surface area contributed by atoms with Gasteiger partial charge in [0.25, 0.3) is 0 Å². The molecule has 0 aliphatic rings. The van der Waals surface area contributed by atoms with Gasteiger partial charge < -0.3 is 20.9 Å².